The molecule has 0 nitrogen and oxygen atoms in total. The fraction of sp³-hybridized carbons (Fsp3) is 0. The molecule has 0 aromatic heterocycles. The first-order valence-electron chi connectivity index (χ1n) is 9.13. The molecular formula is C24H15F5GeS-. The quantitative estimate of drug-likeness (QED) is 0.131. The van der Waals surface area contributed by atoms with Crippen LogP contribution in [-0.4, -0.2) is 14.3 Å². The molecule has 0 aliphatic heterocycles. The minimum absolute atomic E-state index is 1.29. The van der Waals surface area contributed by atoms with Crippen molar-refractivity contribution in [3.8, 4) is 0 Å². The van der Waals surface area contributed by atoms with E-state index in [1.165, 1.54) is 13.2 Å². The Morgan fingerprint density at radius 2 is 0.677 bits per heavy atom. The van der Waals surface area contributed by atoms with Gasteiger partial charge in [0.25, 0.3) is 0 Å². The molecule has 0 fully saturated rings. The molecule has 0 amide bonds. The van der Waals surface area contributed by atoms with Crippen LogP contribution in [-0.2, 0) is 12.6 Å². The van der Waals surface area contributed by atoms with Crippen molar-refractivity contribution in [3.63, 3.8) is 0 Å². The minimum atomic E-state index is -2.20. The molecule has 0 aliphatic rings. The van der Waals surface area contributed by atoms with Crippen LogP contribution in [0, 0.1) is 29.1 Å². The van der Waals surface area contributed by atoms with Crippen molar-refractivity contribution in [1.29, 1.82) is 0 Å². The summed E-state index contributed by atoms with van der Waals surface area (Å²) in [7, 11) is 0. The van der Waals surface area contributed by atoms with E-state index in [9.17, 15) is 22.0 Å². The van der Waals surface area contributed by atoms with E-state index in [2.05, 4.69) is 104 Å². The molecule has 7 heteroatoms. The first kappa shape index (κ1) is 23.0. The van der Waals surface area contributed by atoms with Crippen LogP contribution < -0.4 is 13.2 Å². The SMILES string of the molecule is Fc1c(F)c(F)c([S-])c(F)c1F.c1cc[c]([Ge]([c]2ccccc2)[c]2ccccc2)cc1. The van der Waals surface area contributed by atoms with Crippen LogP contribution in [0.2, 0.25) is 0 Å². The molecule has 0 bridgehead atoms. The van der Waals surface area contributed by atoms with Crippen LogP contribution in [0.25, 0.3) is 0 Å². The maximum absolute atomic E-state index is 12.3. The van der Waals surface area contributed by atoms with Crippen molar-refractivity contribution in [2.45, 2.75) is 4.90 Å². The summed E-state index contributed by atoms with van der Waals surface area (Å²) in [5.74, 6) is -10.2. The Morgan fingerprint density at radius 1 is 0.419 bits per heavy atom. The Bertz CT molecular complexity index is 940. The number of benzene rings is 4. The van der Waals surface area contributed by atoms with Gasteiger partial charge in [-0.3, -0.25) is 0 Å². The maximum atomic E-state index is 12.3. The average molecular weight is 503 g/mol. The molecule has 157 valence electrons. The van der Waals surface area contributed by atoms with E-state index in [-0.39, 0.29) is 0 Å². The fourth-order valence-electron chi connectivity index (χ4n) is 2.90. The van der Waals surface area contributed by atoms with Gasteiger partial charge in [0.05, 0.1) is 0 Å². The molecule has 0 heterocycles. The standard InChI is InChI=1S/C18H15Ge.C6HF5S/c1-4-10-16(11-5-1)19(17-12-6-2-7-13-17)18-14-8-3-9-15-18;7-1-2(8)4(10)6(12)5(11)3(1)9/h1-15H;12H/p-1. The van der Waals surface area contributed by atoms with Gasteiger partial charge < -0.3 is 12.6 Å². The Hall–Kier alpha value is -2.71. The Balaban J connectivity index is 0.000000196. The van der Waals surface area contributed by atoms with E-state index in [1.54, 1.807) is 0 Å². The summed E-state index contributed by atoms with van der Waals surface area (Å²) < 4.78 is 65.7. The molecule has 4 rings (SSSR count). The molecule has 4 aromatic carbocycles. The number of halogens is 5. The Labute approximate surface area is 186 Å². The second-order valence-corrected chi connectivity index (χ2v) is 12.0. The normalized spacial score (nSPS) is 10.5. The van der Waals surface area contributed by atoms with E-state index in [0.717, 1.165) is 0 Å². The van der Waals surface area contributed by atoms with Crippen molar-refractivity contribution in [1.82, 2.24) is 0 Å². The molecular weight excluding hydrogens is 488 g/mol. The summed E-state index contributed by atoms with van der Waals surface area (Å²) in [6.07, 6.45) is 0. The zero-order valence-corrected chi connectivity index (χ0v) is 18.9. The van der Waals surface area contributed by atoms with Gasteiger partial charge in [0.15, 0.2) is 17.5 Å². The molecule has 0 spiro atoms. The van der Waals surface area contributed by atoms with Crippen LogP contribution in [0.4, 0.5) is 22.0 Å². The number of hydrogen-bond acceptors (Lipinski definition) is 1. The predicted molar refractivity (Wildman–Crippen MR) is 116 cm³/mol. The van der Waals surface area contributed by atoms with Gasteiger partial charge in [0.2, 0.25) is 0 Å². The molecule has 4 aromatic rings. The first-order chi connectivity index (χ1) is 14.9. The van der Waals surface area contributed by atoms with Crippen LogP contribution in [0.5, 0.6) is 0 Å². The van der Waals surface area contributed by atoms with Crippen LogP contribution in [0.1, 0.15) is 0 Å². The number of hydrogen-bond donors (Lipinski definition) is 0. The monoisotopic (exact) mass is 504 g/mol. The van der Waals surface area contributed by atoms with E-state index in [1.807, 2.05) is 0 Å². The summed E-state index contributed by atoms with van der Waals surface area (Å²) >= 11 is 2.30. The molecule has 0 unspecified atom stereocenters. The number of rotatable bonds is 3. The van der Waals surface area contributed by atoms with Crippen molar-refractivity contribution in [3.05, 3.63) is 120 Å². The summed E-state index contributed by atoms with van der Waals surface area (Å²) in [4.78, 5) is -1.29. The van der Waals surface area contributed by atoms with Gasteiger partial charge in [0, 0.05) is 0 Å². The Morgan fingerprint density at radius 3 is 0.968 bits per heavy atom. The van der Waals surface area contributed by atoms with Gasteiger partial charge in [-0.1, -0.05) is 4.90 Å². The molecule has 0 atom stereocenters. The van der Waals surface area contributed by atoms with Crippen molar-refractivity contribution in [2.75, 3.05) is 0 Å². The van der Waals surface area contributed by atoms with Gasteiger partial charge >= 0.3 is 119 Å². The molecule has 0 N–H and O–H groups in total. The van der Waals surface area contributed by atoms with Crippen molar-refractivity contribution < 1.29 is 22.0 Å². The fourth-order valence-corrected chi connectivity index (χ4v) is 8.49. The van der Waals surface area contributed by atoms with Crippen LogP contribution in [0.3, 0.4) is 0 Å². The Kier molecular flexibility index (Phi) is 7.81. The van der Waals surface area contributed by atoms with Gasteiger partial charge in [-0.15, -0.1) is 0 Å². The van der Waals surface area contributed by atoms with E-state index >= 15 is 0 Å². The van der Waals surface area contributed by atoms with Crippen LogP contribution >= 0.6 is 0 Å². The zero-order valence-electron chi connectivity index (χ0n) is 16.0. The zero-order chi connectivity index (χ0) is 22.4. The third-order valence-electron chi connectivity index (χ3n) is 4.36. The molecule has 31 heavy (non-hydrogen) atoms. The summed E-state index contributed by atoms with van der Waals surface area (Å²) in [6.45, 7) is 0. The summed E-state index contributed by atoms with van der Waals surface area (Å²) in [5, 5.41) is 0. The average Bonchev–Trinajstić information content (AvgIpc) is 2.83. The third-order valence-corrected chi connectivity index (χ3v) is 10.4. The first-order valence-corrected chi connectivity index (χ1v) is 12.7. The van der Waals surface area contributed by atoms with Gasteiger partial charge in [-0.05, 0) is 0 Å². The van der Waals surface area contributed by atoms with Crippen LogP contribution in [0.15, 0.2) is 95.9 Å². The van der Waals surface area contributed by atoms with E-state index in [4.69, 9.17) is 0 Å². The molecule has 0 aliphatic carbocycles. The second-order valence-electron chi connectivity index (χ2n) is 6.37. The summed E-state index contributed by atoms with van der Waals surface area (Å²) in [5.41, 5.74) is 0. The molecule has 0 saturated carbocycles. The topological polar surface area (TPSA) is 0 Å². The van der Waals surface area contributed by atoms with E-state index in [0.29, 0.717) is 0 Å². The van der Waals surface area contributed by atoms with E-state index < -0.39 is 48.3 Å². The third kappa shape index (κ3) is 5.32. The molecule has 1 radical (unpaired) electrons. The van der Waals surface area contributed by atoms with Crippen molar-refractivity contribution in [2.24, 2.45) is 0 Å². The van der Waals surface area contributed by atoms with Gasteiger partial charge in [-0.25, -0.2) is 22.0 Å². The predicted octanol–water partition coefficient (Wildman–Crippen LogP) is 4.49. The summed E-state index contributed by atoms with van der Waals surface area (Å²) in [6, 6.07) is 32.8. The second kappa shape index (κ2) is 10.5. The van der Waals surface area contributed by atoms with Crippen molar-refractivity contribution >= 4 is 40.2 Å². The van der Waals surface area contributed by atoms with Gasteiger partial charge in [-0.2, -0.15) is 0 Å². The van der Waals surface area contributed by atoms with Gasteiger partial charge in [0.1, 0.15) is 11.6 Å². The molecule has 0 saturated heterocycles.